The maximum absolute atomic E-state index is 10.1. The zero-order valence-electron chi connectivity index (χ0n) is 10.9. The van der Waals surface area contributed by atoms with Gasteiger partial charge in [0.25, 0.3) is 0 Å². The van der Waals surface area contributed by atoms with E-state index in [1.54, 1.807) is 0 Å². The van der Waals surface area contributed by atoms with Gasteiger partial charge < -0.3 is 30.7 Å². The van der Waals surface area contributed by atoms with Gasteiger partial charge in [0, 0.05) is 0 Å². The van der Waals surface area contributed by atoms with E-state index in [0.29, 0.717) is 0 Å². The van der Waals surface area contributed by atoms with E-state index in [9.17, 15) is 10.2 Å². The van der Waals surface area contributed by atoms with Crippen LogP contribution < -0.4 is 5.73 Å². The molecule has 9 heteroatoms. The van der Waals surface area contributed by atoms with Crippen LogP contribution in [-0.2, 0) is 4.74 Å². The summed E-state index contributed by atoms with van der Waals surface area (Å²) in [6.45, 7) is -0.406. The summed E-state index contributed by atoms with van der Waals surface area (Å²) in [4.78, 5) is 13.9. The summed E-state index contributed by atoms with van der Waals surface area (Å²) in [6, 6.07) is -0.511. The van der Waals surface area contributed by atoms with E-state index < -0.39 is 43.4 Å². The van der Waals surface area contributed by atoms with Crippen molar-refractivity contribution in [3.63, 3.8) is 0 Å². The standard InChI is InChI=1S/C12H15N5O4/c1-2-6-15-10(13)7-11(16-6)17(4-14-7)12-9(20)8(19)5(3-18)21-12/h1,4-5,7-9,11-12,18-20H,3H2,(H2,13,15,16). The lowest BCUT2D eigenvalue weighted by Crippen LogP contribution is -2.52. The van der Waals surface area contributed by atoms with Crippen LogP contribution in [0.5, 0.6) is 0 Å². The van der Waals surface area contributed by atoms with Crippen LogP contribution in [0.25, 0.3) is 0 Å². The molecule has 21 heavy (non-hydrogen) atoms. The van der Waals surface area contributed by atoms with Gasteiger partial charge in [0.05, 0.1) is 12.9 Å². The Balaban J connectivity index is 1.85. The Bertz CT molecular complexity index is 568. The molecule has 6 unspecified atom stereocenters. The van der Waals surface area contributed by atoms with Crippen LogP contribution in [-0.4, -0.2) is 81.6 Å². The lowest BCUT2D eigenvalue weighted by atomic mass is 10.1. The summed E-state index contributed by atoms with van der Waals surface area (Å²) in [5.74, 6) is 2.67. The molecule has 0 aliphatic carbocycles. The van der Waals surface area contributed by atoms with Crippen molar-refractivity contribution in [1.29, 1.82) is 0 Å². The van der Waals surface area contributed by atoms with E-state index in [1.807, 2.05) is 0 Å². The first-order valence-electron chi connectivity index (χ1n) is 6.38. The van der Waals surface area contributed by atoms with Gasteiger partial charge in [-0.1, -0.05) is 0 Å². The average Bonchev–Trinajstić information content (AvgIpc) is 3.02. The van der Waals surface area contributed by atoms with Gasteiger partial charge in [0.15, 0.2) is 12.4 Å². The number of aliphatic hydroxyl groups excluding tert-OH is 3. The fourth-order valence-electron chi connectivity index (χ4n) is 2.58. The summed E-state index contributed by atoms with van der Waals surface area (Å²) in [5, 5.41) is 29.0. The van der Waals surface area contributed by atoms with E-state index in [2.05, 4.69) is 20.9 Å². The summed E-state index contributed by atoms with van der Waals surface area (Å²) in [6.07, 6.45) is 1.95. The van der Waals surface area contributed by atoms with E-state index >= 15 is 0 Å². The summed E-state index contributed by atoms with van der Waals surface area (Å²) in [5.41, 5.74) is 5.80. The topological polar surface area (TPSA) is 136 Å². The molecule has 9 nitrogen and oxygen atoms in total. The monoisotopic (exact) mass is 293 g/mol. The Hall–Kier alpha value is -1.99. The van der Waals surface area contributed by atoms with Crippen molar-refractivity contribution >= 4 is 18.0 Å². The Morgan fingerprint density at radius 2 is 2.19 bits per heavy atom. The molecule has 3 heterocycles. The molecule has 112 valence electrons. The van der Waals surface area contributed by atoms with Crippen LogP contribution in [0.15, 0.2) is 15.0 Å². The molecule has 3 aliphatic heterocycles. The molecule has 0 aromatic rings. The van der Waals surface area contributed by atoms with Gasteiger partial charge in [-0.2, -0.15) is 0 Å². The predicted molar refractivity (Wildman–Crippen MR) is 73.6 cm³/mol. The number of amidine groups is 2. The molecule has 0 saturated carbocycles. The number of aliphatic hydroxyl groups is 3. The molecule has 1 saturated heterocycles. The molecule has 6 atom stereocenters. The maximum Gasteiger partial charge on any atom is 0.203 e. The molecule has 0 aromatic carbocycles. The molecule has 0 amide bonds. The van der Waals surface area contributed by atoms with Crippen molar-refractivity contribution in [3.8, 4) is 12.3 Å². The van der Waals surface area contributed by atoms with Crippen molar-refractivity contribution in [2.75, 3.05) is 6.61 Å². The number of ether oxygens (including phenoxy) is 1. The highest BCUT2D eigenvalue weighted by Gasteiger charge is 2.49. The van der Waals surface area contributed by atoms with Crippen LogP contribution in [0.3, 0.4) is 0 Å². The van der Waals surface area contributed by atoms with Crippen molar-refractivity contribution < 1.29 is 20.1 Å². The van der Waals surface area contributed by atoms with Gasteiger partial charge in [0.2, 0.25) is 5.84 Å². The summed E-state index contributed by atoms with van der Waals surface area (Å²) >= 11 is 0. The largest absolute Gasteiger partial charge is 0.394 e. The van der Waals surface area contributed by atoms with Gasteiger partial charge in [0.1, 0.15) is 30.2 Å². The van der Waals surface area contributed by atoms with Crippen molar-refractivity contribution in [2.24, 2.45) is 20.7 Å². The van der Waals surface area contributed by atoms with Gasteiger partial charge in [-0.05, 0) is 5.92 Å². The number of aliphatic imine (C=N–C) groups is 3. The fraction of sp³-hybridized carbons (Fsp3) is 0.583. The quantitative estimate of drug-likeness (QED) is 0.397. The van der Waals surface area contributed by atoms with Gasteiger partial charge in [-0.15, -0.1) is 6.42 Å². The average molecular weight is 293 g/mol. The zero-order chi connectivity index (χ0) is 15.1. The second-order valence-corrected chi connectivity index (χ2v) is 4.93. The van der Waals surface area contributed by atoms with E-state index in [0.717, 1.165) is 0 Å². The third kappa shape index (κ3) is 2.09. The minimum atomic E-state index is -1.21. The third-order valence-electron chi connectivity index (χ3n) is 3.68. The molecular formula is C12H15N5O4. The molecule has 3 aliphatic rings. The summed E-state index contributed by atoms with van der Waals surface area (Å²) < 4.78 is 5.46. The Labute approximate surface area is 120 Å². The number of rotatable bonds is 2. The molecular weight excluding hydrogens is 278 g/mol. The Kier molecular flexibility index (Phi) is 3.38. The Morgan fingerprint density at radius 3 is 2.81 bits per heavy atom. The first-order chi connectivity index (χ1) is 10.1. The van der Waals surface area contributed by atoms with Gasteiger partial charge in [-0.25, -0.2) is 9.98 Å². The van der Waals surface area contributed by atoms with E-state index in [4.69, 9.17) is 22.0 Å². The number of hydrogen-bond acceptors (Lipinski definition) is 9. The second kappa shape index (κ2) is 5.09. The van der Waals surface area contributed by atoms with E-state index in [-0.39, 0.29) is 11.7 Å². The van der Waals surface area contributed by atoms with Crippen molar-refractivity contribution in [3.05, 3.63) is 0 Å². The molecule has 0 aromatic heterocycles. The van der Waals surface area contributed by atoms with Gasteiger partial charge in [-0.3, -0.25) is 4.99 Å². The first-order valence-corrected chi connectivity index (χ1v) is 6.38. The highest BCUT2D eigenvalue weighted by atomic mass is 16.6. The number of hydrogen-bond donors (Lipinski definition) is 4. The van der Waals surface area contributed by atoms with Crippen molar-refractivity contribution in [2.45, 2.75) is 36.7 Å². The fourth-order valence-corrected chi connectivity index (χ4v) is 2.58. The maximum atomic E-state index is 10.1. The highest BCUT2D eigenvalue weighted by Crippen LogP contribution is 2.29. The van der Waals surface area contributed by atoms with E-state index in [1.165, 1.54) is 11.2 Å². The lowest BCUT2D eigenvalue weighted by Gasteiger charge is -2.32. The van der Waals surface area contributed by atoms with Crippen LogP contribution in [0.1, 0.15) is 0 Å². The minimum absolute atomic E-state index is 0.135. The molecule has 5 N–H and O–H groups in total. The summed E-state index contributed by atoms with van der Waals surface area (Å²) in [7, 11) is 0. The van der Waals surface area contributed by atoms with Gasteiger partial charge >= 0.3 is 0 Å². The molecule has 0 spiro atoms. The minimum Gasteiger partial charge on any atom is -0.394 e. The second-order valence-electron chi connectivity index (χ2n) is 4.93. The Morgan fingerprint density at radius 1 is 1.43 bits per heavy atom. The lowest BCUT2D eigenvalue weighted by molar-refractivity contribution is -0.0778. The zero-order valence-corrected chi connectivity index (χ0v) is 10.9. The van der Waals surface area contributed by atoms with Crippen LogP contribution >= 0.6 is 0 Å². The van der Waals surface area contributed by atoms with Crippen molar-refractivity contribution in [1.82, 2.24) is 4.90 Å². The van der Waals surface area contributed by atoms with Crippen LogP contribution in [0, 0.1) is 12.3 Å². The SMILES string of the molecule is C#CC1=NC2C(N=CN2C2OC(CO)C(O)C2O)C(N)=N1. The normalized spacial score (nSPS) is 41.5. The van der Waals surface area contributed by atoms with Crippen LogP contribution in [0.4, 0.5) is 0 Å². The number of fused-ring (bicyclic) bond motifs is 1. The number of nitrogens with two attached hydrogens (primary N) is 1. The molecule has 0 radical (unpaired) electrons. The third-order valence-corrected chi connectivity index (χ3v) is 3.68. The smallest absolute Gasteiger partial charge is 0.203 e. The first kappa shape index (κ1) is 14.0. The molecule has 3 rings (SSSR count). The molecule has 1 fully saturated rings. The molecule has 0 bridgehead atoms. The predicted octanol–water partition coefficient (Wildman–Crippen LogP) is -3.13. The van der Waals surface area contributed by atoms with Crippen LogP contribution in [0.2, 0.25) is 0 Å². The number of nitrogens with zero attached hydrogens (tertiary/aromatic N) is 4. The number of terminal acetylenes is 1. The highest BCUT2D eigenvalue weighted by molar-refractivity contribution is 6.09.